The van der Waals surface area contributed by atoms with Gasteiger partial charge in [0.2, 0.25) is 5.91 Å². The zero-order valence-electron chi connectivity index (χ0n) is 14.7. The minimum atomic E-state index is -0.248. The second kappa shape index (κ2) is 8.85. The first-order chi connectivity index (χ1) is 12.2. The molecule has 1 aliphatic carbocycles. The van der Waals surface area contributed by atoms with Gasteiger partial charge in [-0.3, -0.25) is 9.36 Å². The molecule has 0 unspecified atom stereocenters. The number of rotatable bonds is 6. The average Bonchev–Trinajstić information content (AvgIpc) is 2.66. The van der Waals surface area contributed by atoms with Gasteiger partial charge in [-0.2, -0.15) is 4.98 Å². The molecule has 0 spiro atoms. The number of aliphatic hydroxyl groups is 1. The molecule has 2 heterocycles. The Morgan fingerprint density at radius 1 is 1.12 bits per heavy atom. The van der Waals surface area contributed by atoms with Crippen LogP contribution < -0.4 is 5.69 Å². The summed E-state index contributed by atoms with van der Waals surface area (Å²) in [7, 11) is 0. The van der Waals surface area contributed by atoms with Crippen LogP contribution in [0, 0.1) is 0 Å². The third kappa shape index (κ3) is 4.44. The zero-order valence-corrected chi connectivity index (χ0v) is 15.5. The smallest absolute Gasteiger partial charge is 0.348 e. The van der Waals surface area contributed by atoms with Crippen molar-refractivity contribution in [1.29, 1.82) is 0 Å². The lowest BCUT2D eigenvalue weighted by atomic mass is 9.97. The van der Waals surface area contributed by atoms with E-state index in [4.69, 9.17) is 5.11 Å². The van der Waals surface area contributed by atoms with Gasteiger partial charge >= 0.3 is 5.69 Å². The topological polar surface area (TPSA) is 75.4 Å². The van der Waals surface area contributed by atoms with Crippen molar-refractivity contribution in [2.75, 3.05) is 25.4 Å². The summed E-state index contributed by atoms with van der Waals surface area (Å²) >= 11 is 1.42. The van der Waals surface area contributed by atoms with Gasteiger partial charge in [0.1, 0.15) is 5.03 Å². The monoisotopic (exact) mass is 365 g/mol. The van der Waals surface area contributed by atoms with E-state index in [-0.39, 0.29) is 18.2 Å². The van der Waals surface area contributed by atoms with Crippen LogP contribution in [0.2, 0.25) is 0 Å². The van der Waals surface area contributed by atoms with Gasteiger partial charge in [0, 0.05) is 37.5 Å². The molecule has 1 aromatic heterocycles. The highest BCUT2D eigenvalue weighted by atomic mass is 32.2. The van der Waals surface area contributed by atoms with E-state index in [2.05, 4.69) is 4.98 Å². The molecule has 2 aliphatic rings. The lowest BCUT2D eigenvalue weighted by Gasteiger charge is -2.27. The van der Waals surface area contributed by atoms with E-state index in [1.54, 1.807) is 4.57 Å². The van der Waals surface area contributed by atoms with E-state index >= 15 is 0 Å². The van der Waals surface area contributed by atoms with Gasteiger partial charge in [0.05, 0.1) is 5.75 Å². The fourth-order valence-corrected chi connectivity index (χ4v) is 4.67. The summed E-state index contributed by atoms with van der Waals surface area (Å²) in [6.45, 7) is 2.30. The van der Waals surface area contributed by atoms with Crippen LogP contribution in [-0.4, -0.2) is 50.9 Å². The van der Waals surface area contributed by atoms with Crippen molar-refractivity contribution in [3.05, 3.63) is 21.7 Å². The number of thioether (sulfide) groups is 1. The fraction of sp³-hybridized carbons (Fsp3) is 0.722. The molecular formula is C18H27N3O3S. The molecule has 1 aromatic rings. The number of hydrogen-bond donors (Lipinski definition) is 1. The number of fused-ring (bicyclic) bond motifs is 1. The van der Waals surface area contributed by atoms with Crippen molar-refractivity contribution < 1.29 is 9.90 Å². The third-order valence-electron chi connectivity index (χ3n) is 5.03. The van der Waals surface area contributed by atoms with Gasteiger partial charge in [-0.25, -0.2) is 4.79 Å². The quantitative estimate of drug-likeness (QED) is 0.612. The zero-order chi connectivity index (χ0) is 17.6. The Morgan fingerprint density at radius 3 is 2.64 bits per heavy atom. The maximum absolute atomic E-state index is 12.4. The third-order valence-corrected chi connectivity index (χ3v) is 6.03. The molecule has 1 saturated heterocycles. The summed E-state index contributed by atoms with van der Waals surface area (Å²) in [6.07, 6.45) is 7.92. The lowest BCUT2D eigenvalue weighted by Crippen LogP contribution is -2.37. The number of likely N-dealkylation sites (tertiary alicyclic amines) is 1. The van der Waals surface area contributed by atoms with Crippen LogP contribution in [0.5, 0.6) is 0 Å². The van der Waals surface area contributed by atoms with E-state index in [0.717, 1.165) is 67.9 Å². The number of carbonyl (C=O) groups is 1. The largest absolute Gasteiger partial charge is 0.396 e. The number of aromatic nitrogens is 2. The van der Waals surface area contributed by atoms with E-state index < -0.39 is 0 Å². The maximum atomic E-state index is 12.4. The molecule has 1 N–H and O–H groups in total. The molecule has 3 rings (SSSR count). The normalized spacial score (nSPS) is 17.4. The Balaban J connectivity index is 1.75. The van der Waals surface area contributed by atoms with Gasteiger partial charge in [0.15, 0.2) is 0 Å². The van der Waals surface area contributed by atoms with Crippen LogP contribution in [0.1, 0.15) is 49.8 Å². The fourth-order valence-electron chi connectivity index (χ4n) is 3.69. The summed E-state index contributed by atoms with van der Waals surface area (Å²) in [5.74, 6) is 0.514. The second-order valence-electron chi connectivity index (χ2n) is 6.79. The lowest BCUT2D eigenvalue weighted by molar-refractivity contribution is -0.129. The Labute approximate surface area is 152 Å². The van der Waals surface area contributed by atoms with Gasteiger partial charge in [0.25, 0.3) is 0 Å². The van der Waals surface area contributed by atoms with Crippen LogP contribution >= 0.6 is 11.8 Å². The summed E-state index contributed by atoms with van der Waals surface area (Å²) < 4.78 is 1.72. The highest BCUT2D eigenvalue weighted by Crippen LogP contribution is 2.28. The molecule has 1 fully saturated rings. The molecule has 1 aliphatic heterocycles. The molecule has 25 heavy (non-hydrogen) atoms. The van der Waals surface area contributed by atoms with Crippen molar-refractivity contribution in [1.82, 2.24) is 14.5 Å². The van der Waals surface area contributed by atoms with E-state index in [0.29, 0.717) is 18.7 Å². The highest BCUT2D eigenvalue weighted by Gasteiger charge is 2.22. The van der Waals surface area contributed by atoms with Gasteiger partial charge in [-0.05, 0) is 51.4 Å². The van der Waals surface area contributed by atoms with Crippen LogP contribution in [0.15, 0.2) is 9.82 Å². The summed E-state index contributed by atoms with van der Waals surface area (Å²) in [4.78, 5) is 31.0. The Kier molecular flexibility index (Phi) is 6.53. The summed E-state index contributed by atoms with van der Waals surface area (Å²) in [6, 6.07) is 0. The van der Waals surface area contributed by atoms with Crippen molar-refractivity contribution in [3.8, 4) is 0 Å². The highest BCUT2D eigenvalue weighted by molar-refractivity contribution is 7.99. The molecule has 0 saturated carbocycles. The van der Waals surface area contributed by atoms with Gasteiger partial charge in [-0.15, -0.1) is 0 Å². The molecule has 0 atom stereocenters. The van der Waals surface area contributed by atoms with E-state index in [9.17, 15) is 9.59 Å². The van der Waals surface area contributed by atoms with Crippen LogP contribution in [0.25, 0.3) is 0 Å². The second-order valence-corrected chi connectivity index (χ2v) is 7.75. The molecule has 0 radical (unpaired) electrons. The van der Waals surface area contributed by atoms with Crippen molar-refractivity contribution in [2.45, 2.75) is 62.9 Å². The number of piperidine rings is 1. The molecule has 6 nitrogen and oxygen atoms in total. The Bertz CT molecular complexity index is 668. The van der Waals surface area contributed by atoms with E-state index in [1.165, 1.54) is 18.2 Å². The number of nitrogens with zero attached hydrogens (tertiary/aromatic N) is 3. The van der Waals surface area contributed by atoms with Gasteiger partial charge in [-0.1, -0.05) is 11.8 Å². The minimum absolute atomic E-state index is 0.0715. The van der Waals surface area contributed by atoms with Crippen LogP contribution in [0.3, 0.4) is 0 Å². The molecule has 138 valence electrons. The first-order valence-electron chi connectivity index (χ1n) is 9.34. The molecule has 1 amide bonds. The standard InChI is InChI=1S/C18H27N3O3S/c22-12-6-11-21-15-8-3-2-7-14(15)17(19-18(21)24)25-13-16(23)20-9-4-1-5-10-20/h22H,1-13H2. The van der Waals surface area contributed by atoms with Gasteiger partial charge < -0.3 is 10.0 Å². The van der Waals surface area contributed by atoms with Crippen molar-refractivity contribution >= 4 is 17.7 Å². The summed E-state index contributed by atoms with van der Waals surface area (Å²) in [5.41, 5.74) is 1.95. The Hall–Kier alpha value is -1.34. The summed E-state index contributed by atoms with van der Waals surface area (Å²) in [5, 5.41) is 9.81. The molecule has 7 heteroatoms. The SMILES string of the molecule is O=C(CSc1nc(=O)n(CCCO)c2c1CCCC2)N1CCCCC1. The van der Waals surface area contributed by atoms with Crippen molar-refractivity contribution in [2.24, 2.45) is 0 Å². The van der Waals surface area contributed by atoms with Crippen LogP contribution in [-0.2, 0) is 24.2 Å². The number of aliphatic hydroxyl groups excluding tert-OH is 1. The molecule has 0 bridgehead atoms. The van der Waals surface area contributed by atoms with Crippen molar-refractivity contribution in [3.63, 3.8) is 0 Å². The average molecular weight is 365 g/mol. The maximum Gasteiger partial charge on any atom is 0.348 e. The number of amides is 1. The minimum Gasteiger partial charge on any atom is -0.396 e. The number of carbonyl (C=O) groups excluding carboxylic acids is 1. The number of hydrogen-bond acceptors (Lipinski definition) is 5. The molecular weight excluding hydrogens is 338 g/mol. The first-order valence-corrected chi connectivity index (χ1v) is 10.3. The predicted molar refractivity (Wildman–Crippen MR) is 98.0 cm³/mol. The van der Waals surface area contributed by atoms with Crippen LogP contribution in [0.4, 0.5) is 0 Å². The first kappa shape index (κ1) is 18.5. The molecule has 0 aromatic carbocycles. The predicted octanol–water partition coefficient (Wildman–Crippen LogP) is 1.61. The Morgan fingerprint density at radius 2 is 1.88 bits per heavy atom. The van der Waals surface area contributed by atoms with E-state index in [1.807, 2.05) is 4.90 Å².